The molecule has 0 aliphatic carbocycles. The van der Waals surface area contributed by atoms with Crippen LogP contribution >= 0.6 is 0 Å². The Balaban J connectivity index is 0.000000172. The highest BCUT2D eigenvalue weighted by Crippen LogP contribution is 2.44. The molecule has 0 radical (unpaired) electrons. The molecule has 2 aliphatic rings. The number of amides is 4. The molecule has 0 atom stereocenters. The molecule has 2 aromatic carbocycles. The molecule has 0 fully saturated rings. The van der Waals surface area contributed by atoms with Crippen molar-refractivity contribution in [1.82, 2.24) is 30.6 Å². The van der Waals surface area contributed by atoms with Crippen molar-refractivity contribution in [3.05, 3.63) is 95.7 Å². The van der Waals surface area contributed by atoms with E-state index in [-0.39, 0.29) is 22.3 Å². The van der Waals surface area contributed by atoms with Gasteiger partial charge in [0, 0.05) is 53.0 Å². The van der Waals surface area contributed by atoms with E-state index in [4.69, 9.17) is 28.4 Å². The Labute approximate surface area is 318 Å². The van der Waals surface area contributed by atoms with Crippen LogP contribution < -0.4 is 39.1 Å². The molecule has 4 amide bonds. The third kappa shape index (κ3) is 6.17. The Bertz CT molecular complexity index is 2420. The fraction of sp³-hybridized carbons (Fsp3) is 0.150. The van der Waals surface area contributed by atoms with E-state index in [1.165, 1.54) is 42.7 Å². The Hall–Kier alpha value is -7.62. The van der Waals surface area contributed by atoms with Crippen molar-refractivity contribution in [2.24, 2.45) is 0 Å². The molecule has 0 spiro atoms. The van der Waals surface area contributed by atoms with Crippen molar-refractivity contribution in [2.75, 3.05) is 42.7 Å². The predicted octanol–water partition coefficient (Wildman–Crippen LogP) is 4.31. The summed E-state index contributed by atoms with van der Waals surface area (Å²) in [7, 11) is 8.94. The number of hydrogen-bond donors (Lipinski definition) is 4. The summed E-state index contributed by atoms with van der Waals surface area (Å²) in [5, 5.41) is 5.48. The Morgan fingerprint density at radius 3 is 1.48 bits per heavy atom. The molecule has 284 valence electrons. The summed E-state index contributed by atoms with van der Waals surface area (Å²) in [4.78, 5) is 65.2. The average Bonchev–Trinajstić information content (AvgIpc) is 3.98. The molecule has 56 heavy (non-hydrogen) atoms. The number of ether oxygens (including phenoxy) is 6. The van der Waals surface area contributed by atoms with Crippen molar-refractivity contribution < 1.29 is 47.6 Å². The second-order valence-corrected chi connectivity index (χ2v) is 12.1. The zero-order valence-corrected chi connectivity index (χ0v) is 30.9. The van der Waals surface area contributed by atoms with E-state index in [0.29, 0.717) is 62.3 Å². The maximum absolute atomic E-state index is 12.7. The van der Waals surface area contributed by atoms with E-state index in [1.807, 2.05) is 6.07 Å². The van der Waals surface area contributed by atoms with Gasteiger partial charge in [0.15, 0.2) is 23.0 Å². The zero-order valence-electron chi connectivity index (χ0n) is 30.9. The third-order valence-corrected chi connectivity index (χ3v) is 9.23. The van der Waals surface area contributed by atoms with Gasteiger partial charge in [-0.25, -0.2) is 0 Å². The lowest BCUT2D eigenvalue weighted by molar-refractivity contribution is -0.124. The third-order valence-electron chi connectivity index (χ3n) is 9.23. The summed E-state index contributed by atoms with van der Waals surface area (Å²) in [6.45, 7) is 0. The minimum atomic E-state index is -0.500. The summed E-state index contributed by atoms with van der Waals surface area (Å²) in [5.74, 6) is 0.380. The molecule has 16 nitrogen and oxygen atoms in total. The van der Waals surface area contributed by atoms with Gasteiger partial charge in [0.05, 0.1) is 76.0 Å². The summed E-state index contributed by atoms with van der Waals surface area (Å²) in [6.07, 6.45) is 8.29. The van der Waals surface area contributed by atoms with Gasteiger partial charge in [-0.05, 0) is 53.6 Å². The number of methoxy groups -OCH3 is 6. The number of H-pyrrole nitrogens is 2. The number of carbonyl (C=O) groups excluding carboxylic acids is 4. The Morgan fingerprint density at radius 2 is 0.982 bits per heavy atom. The van der Waals surface area contributed by atoms with Crippen LogP contribution in [0.25, 0.3) is 44.2 Å². The first-order chi connectivity index (χ1) is 27.2. The molecule has 6 heterocycles. The summed E-state index contributed by atoms with van der Waals surface area (Å²) >= 11 is 0. The first-order valence-corrected chi connectivity index (χ1v) is 16.8. The van der Waals surface area contributed by atoms with E-state index < -0.39 is 23.6 Å². The molecule has 4 N–H and O–H groups in total. The quantitative estimate of drug-likeness (QED) is 0.144. The van der Waals surface area contributed by atoms with Gasteiger partial charge in [0.2, 0.25) is 11.5 Å². The van der Waals surface area contributed by atoms with Gasteiger partial charge in [-0.2, -0.15) is 0 Å². The molecular weight excluding hydrogens is 724 g/mol. The topological polar surface area (TPSA) is 205 Å². The maximum atomic E-state index is 12.7. The number of benzene rings is 2. The number of nitrogens with one attached hydrogen (secondary N) is 4. The minimum Gasteiger partial charge on any atom is -0.493 e. The lowest BCUT2D eigenvalue weighted by Gasteiger charge is -2.14. The molecule has 4 aromatic heterocycles. The average molecular weight is 759 g/mol. The lowest BCUT2D eigenvalue weighted by Crippen LogP contribution is -2.22. The fourth-order valence-corrected chi connectivity index (χ4v) is 6.74. The van der Waals surface area contributed by atoms with Crippen LogP contribution in [-0.2, 0) is 19.2 Å². The summed E-state index contributed by atoms with van der Waals surface area (Å²) in [6, 6.07) is 12.0. The van der Waals surface area contributed by atoms with Crippen molar-refractivity contribution in [1.29, 1.82) is 0 Å². The number of pyridine rings is 2. The first-order valence-electron chi connectivity index (χ1n) is 16.8. The van der Waals surface area contributed by atoms with E-state index in [0.717, 1.165) is 16.4 Å². The number of nitrogens with zero attached hydrogens (tertiary/aromatic N) is 2. The van der Waals surface area contributed by atoms with E-state index in [2.05, 4.69) is 30.6 Å². The standard InChI is InChI=1S/2C20H17N3O5/c1-26-14-6-10(7-15(27-2)18(14)28-3)16-17(20(25)23-19(16)24)12-9-22-13-4-5-21-8-11(12)13;1-26-13-7-10(8-14(27-2)18(13)28-3)15-16(20(25)23-19(15)24)11-9-22-12-5-4-6-21-17(11)12/h2*4-9,22H,1-3H3,(H,23,24,25). The van der Waals surface area contributed by atoms with Crippen molar-refractivity contribution >= 4 is 67.9 Å². The molecule has 2 aliphatic heterocycles. The first kappa shape index (κ1) is 36.7. The fourth-order valence-electron chi connectivity index (χ4n) is 6.74. The zero-order chi connectivity index (χ0) is 39.7. The molecule has 6 aromatic rings. The predicted molar refractivity (Wildman–Crippen MR) is 204 cm³/mol. The number of imide groups is 2. The number of fused-ring (bicyclic) bond motifs is 2. The number of aromatic nitrogens is 4. The van der Waals surface area contributed by atoms with E-state index in [9.17, 15) is 19.2 Å². The van der Waals surface area contributed by atoms with Crippen LogP contribution in [0.3, 0.4) is 0 Å². The second kappa shape index (κ2) is 15.0. The molecule has 0 saturated heterocycles. The summed E-state index contributed by atoms with van der Waals surface area (Å²) in [5.41, 5.74) is 5.22. The molecule has 8 rings (SSSR count). The smallest absolute Gasteiger partial charge is 0.259 e. The lowest BCUT2D eigenvalue weighted by atomic mass is 9.96. The monoisotopic (exact) mass is 758 g/mol. The normalized spacial score (nSPS) is 13.8. The van der Waals surface area contributed by atoms with Crippen molar-refractivity contribution in [3.8, 4) is 34.5 Å². The van der Waals surface area contributed by atoms with Gasteiger partial charge in [0.1, 0.15) is 0 Å². The van der Waals surface area contributed by atoms with Gasteiger partial charge in [-0.1, -0.05) is 0 Å². The van der Waals surface area contributed by atoms with Crippen LogP contribution in [0, 0.1) is 0 Å². The summed E-state index contributed by atoms with van der Waals surface area (Å²) < 4.78 is 32.2. The van der Waals surface area contributed by atoms with Crippen LogP contribution in [-0.4, -0.2) is 86.2 Å². The van der Waals surface area contributed by atoms with Crippen LogP contribution in [0.2, 0.25) is 0 Å². The van der Waals surface area contributed by atoms with Crippen LogP contribution in [0.1, 0.15) is 22.3 Å². The minimum absolute atomic E-state index is 0.218. The Morgan fingerprint density at radius 1 is 0.518 bits per heavy atom. The molecule has 0 bridgehead atoms. The molecule has 16 heteroatoms. The maximum Gasteiger partial charge on any atom is 0.259 e. The van der Waals surface area contributed by atoms with Gasteiger partial charge < -0.3 is 38.4 Å². The number of carbonyl (C=O) groups is 4. The van der Waals surface area contributed by atoms with E-state index >= 15 is 0 Å². The highest BCUT2D eigenvalue weighted by Gasteiger charge is 2.36. The molecule has 0 saturated carbocycles. The van der Waals surface area contributed by atoms with Crippen LogP contribution in [0.15, 0.2) is 73.4 Å². The number of hydrogen-bond acceptors (Lipinski definition) is 12. The van der Waals surface area contributed by atoms with E-state index in [1.54, 1.807) is 67.4 Å². The van der Waals surface area contributed by atoms with Crippen LogP contribution in [0.5, 0.6) is 34.5 Å². The SMILES string of the molecule is COc1cc(C2=C(c3c[nH]c4cccnc34)C(=O)NC2=O)cc(OC)c1OC.COc1cc(C2=C(c3c[nH]c4ccncc34)C(=O)NC2=O)cc(OC)c1OC. The number of aromatic amines is 2. The molecule has 0 unspecified atom stereocenters. The van der Waals surface area contributed by atoms with Gasteiger partial charge in [-0.15, -0.1) is 0 Å². The van der Waals surface area contributed by atoms with Crippen LogP contribution in [0.4, 0.5) is 0 Å². The van der Waals surface area contributed by atoms with Crippen molar-refractivity contribution in [2.45, 2.75) is 0 Å². The number of rotatable bonds is 10. The highest BCUT2D eigenvalue weighted by atomic mass is 16.5. The molecular formula is C40H34N6O10. The van der Waals surface area contributed by atoms with Gasteiger partial charge in [0.25, 0.3) is 23.6 Å². The second-order valence-electron chi connectivity index (χ2n) is 12.1. The highest BCUT2D eigenvalue weighted by molar-refractivity contribution is 6.51. The van der Waals surface area contributed by atoms with Gasteiger partial charge >= 0.3 is 0 Å². The Kier molecular flexibility index (Phi) is 9.85. The van der Waals surface area contributed by atoms with Gasteiger partial charge in [-0.3, -0.25) is 39.8 Å². The largest absolute Gasteiger partial charge is 0.493 e. The van der Waals surface area contributed by atoms with Crippen molar-refractivity contribution in [3.63, 3.8) is 0 Å².